The summed E-state index contributed by atoms with van der Waals surface area (Å²) < 4.78 is 38.8. The minimum Gasteiger partial charge on any atom is -0.497 e. The average molecular weight is 400 g/mol. The minimum absolute atomic E-state index is 0.0108. The summed E-state index contributed by atoms with van der Waals surface area (Å²) in [5.74, 6) is -1.26. The molecule has 150 valence electrons. The fraction of sp³-hybridized carbons (Fsp3) is 0.190. The van der Waals surface area contributed by atoms with Crippen molar-refractivity contribution in [3.8, 4) is 22.9 Å². The zero-order valence-corrected chi connectivity index (χ0v) is 15.6. The topological polar surface area (TPSA) is 81.5 Å². The molecule has 29 heavy (non-hydrogen) atoms. The molecule has 0 fully saturated rings. The highest BCUT2D eigenvalue weighted by Gasteiger charge is 2.14. The van der Waals surface area contributed by atoms with Crippen molar-refractivity contribution in [3.63, 3.8) is 0 Å². The SMILES string of the molecule is COc1ccc(F)c(-c2cncc(OC=C3C=CC(CCC(=O)O)=C(F)C3)n2)c1. The largest absolute Gasteiger partial charge is 0.497 e. The lowest BCUT2D eigenvalue weighted by molar-refractivity contribution is -0.136. The van der Waals surface area contributed by atoms with Crippen LogP contribution in [0.5, 0.6) is 11.6 Å². The van der Waals surface area contributed by atoms with E-state index in [9.17, 15) is 13.6 Å². The van der Waals surface area contributed by atoms with Crippen molar-refractivity contribution in [1.29, 1.82) is 0 Å². The average Bonchev–Trinajstić information content (AvgIpc) is 2.72. The van der Waals surface area contributed by atoms with E-state index in [1.54, 1.807) is 6.08 Å². The molecule has 0 unspecified atom stereocenters. The number of allylic oxidation sites excluding steroid dienone is 5. The Morgan fingerprint density at radius 1 is 1.28 bits per heavy atom. The van der Waals surface area contributed by atoms with Crippen LogP contribution in [0.1, 0.15) is 19.3 Å². The van der Waals surface area contributed by atoms with Crippen molar-refractivity contribution in [2.24, 2.45) is 0 Å². The predicted molar refractivity (Wildman–Crippen MR) is 101 cm³/mol. The molecule has 1 aliphatic carbocycles. The smallest absolute Gasteiger partial charge is 0.303 e. The molecule has 0 atom stereocenters. The van der Waals surface area contributed by atoms with Gasteiger partial charge in [-0.3, -0.25) is 9.78 Å². The lowest BCUT2D eigenvalue weighted by Gasteiger charge is -2.11. The molecule has 1 heterocycles. The molecule has 3 rings (SSSR count). The van der Waals surface area contributed by atoms with Gasteiger partial charge in [0.05, 0.1) is 31.5 Å². The van der Waals surface area contributed by atoms with Gasteiger partial charge in [0.2, 0.25) is 5.88 Å². The molecule has 0 saturated heterocycles. The van der Waals surface area contributed by atoms with E-state index in [1.807, 2.05) is 0 Å². The third-order valence-electron chi connectivity index (χ3n) is 4.21. The monoisotopic (exact) mass is 400 g/mol. The van der Waals surface area contributed by atoms with Crippen LogP contribution in [0.3, 0.4) is 0 Å². The van der Waals surface area contributed by atoms with Crippen molar-refractivity contribution in [2.75, 3.05) is 7.11 Å². The van der Waals surface area contributed by atoms with Crippen molar-refractivity contribution < 1.29 is 28.2 Å². The fourth-order valence-electron chi connectivity index (χ4n) is 2.69. The Morgan fingerprint density at radius 2 is 2.10 bits per heavy atom. The van der Waals surface area contributed by atoms with E-state index >= 15 is 0 Å². The van der Waals surface area contributed by atoms with Gasteiger partial charge in [0.1, 0.15) is 17.4 Å². The number of carboxylic acid groups (broad SMARTS) is 1. The normalized spacial score (nSPS) is 14.9. The second-order valence-electron chi connectivity index (χ2n) is 6.23. The van der Waals surface area contributed by atoms with E-state index in [2.05, 4.69) is 9.97 Å². The number of ether oxygens (including phenoxy) is 2. The van der Waals surface area contributed by atoms with Gasteiger partial charge in [-0.2, -0.15) is 0 Å². The maximum Gasteiger partial charge on any atom is 0.303 e. The molecule has 0 bridgehead atoms. The summed E-state index contributed by atoms with van der Waals surface area (Å²) in [4.78, 5) is 18.8. The van der Waals surface area contributed by atoms with Crippen LogP contribution < -0.4 is 9.47 Å². The Bertz CT molecular complexity index is 1020. The van der Waals surface area contributed by atoms with Gasteiger partial charge >= 0.3 is 5.97 Å². The number of hydrogen-bond donors (Lipinski definition) is 1. The number of nitrogens with zero attached hydrogens (tertiary/aromatic N) is 2. The van der Waals surface area contributed by atoms with Gasteiger partial charge in [-0.05, 0) is 35.8 Å². The van der Waals surface area contributed by atoms with E-state index in [1.165, 1.54) is 50.0 Å². The Morgan fingerprint density at radius 3 is 2.83 bits per heavy atom. The molecule has 1 N–H and O–H groups in total. The van der Waals surface area contributed by atoms with Gasteiger partial charge in [-0.25, -0.2) is 13.8 Å². The molecule has 0 spiro atoms. The standard InChI is InChI=1S/C21H18F2N2O4/c1-28-15-5-6-17(22)16(9-15)19-10-24-11-20(25-19)29-12-13-2-3-14(18(23)8-13)4-7-21(26)27/h2-3,5-6,9-12H,4,7-8H2,1H3,(H,26,27). The van der Waals surface area contributed by atoms with Gasteiger partial charge in [-0.15, -0.1) is 0 Å². The van der Waals surface area contributed by atoms with Crippen LogP contribution in [-0.2, 0) is 4.79 Å². The molecule has 0 amide bonds. The lowest BCUT2D eigenvalue weighted by Crippen LogP contribution is -2.00. The number of aromatic nitrogens is 2. The van der Waals surface area contributed by atoms with Gasteiger partial charge in [0.25, 0.3) is 0 Å². The second-order valence-corrected chi connectivity index (χ2v) is 6.23. The van der Waals surface area contributed by atoms with Crippen LogP contribution >= 0.6 is 0 Å². The van der Waals surface area contributed by atoms with Crippen LogP contribution in [0.25, 0.3) is 11.3 Å². The second kappa shape index (κ2) is 9.09. The highest BCUT2D eigenvalue weighted by molar-refractivity contribution is 5.67. The molecule has 2 aromatic rings. The molecule has 0 aliphatic heterocycles. The van der Waals surface area contributed by atoms with E-state index in [0.29, 0.717) is 16.9 Å². The molecule has 1 aliphatic rings. The van der Waals surface area contributed by atoms with Crippen molar-refractivity contribution >= 4 is 5.97 Å². The Balaban J connectivity index is 1.72. The first kappa shape index (κ1) is 20.2. The molecule has 1 aromatic carbocycles. The van der Waals surface area contributed by atoms with Gasteiger partial charge in [-0.1, -0.05) is 12.2 Å². The predicted octanol–water partition coefficient (Wildman–Crippen LogP) is 4.60. The van der Waals surface area contributed by atoms with Crippen molar-refractivity contribution in [1.82, 2.24) is 9.97 Å². The quantitative estimate of drug-likeness (QED) is 0.684. The van der Waals surface area contributed by atoms with E-state index < -0.39 is 17.6 Å². The third kappa shape index (κ3) is 5.25. The highest BCUT2D eigenvalue weighted by atomic mass is 19.1. The number of methoxy groups -OCH3 is 1. The molecule has 6 nitrogen and oxygen atoms in total. The fourth-order valence-corrected chi connectivity index (χ4v) is 2.69. The summed E-state index contributed by atoms with van der Waals surface area (Å²) in [7, 11) is 1.48. The number of benzene rings is 1. The minimum atomic E-state index is -0.977. The zero-order chi connectivity index (χ0) is 20.8. The molecule has 8 heteroatoms. The highest BCUT2D eigenvalue weighted by Crippen LogP contribution is 2.28. The van der Waals surface area contributed by atoms with Gasteiger partial charge in [0.15, 0.2) is 0 Å². The van der Waals surface area contributed by atoms with Gasteiger partial charge < -0.3 is 14.6 Å². The number of hydrogen-bond acceptors (Lipinski definition) is 5. The first-order valence-electron chi connectivity index (χ1n) is 8.75. The molecule has 0 radical (unpaired) electrons. The van der Waals surface area contributed by atoms with E-state index in [0.717, 1.165) is 0 Å². The van der Waals surface area contributed by atoms with Crippen molar-refractivity contribution in [3.05, 3.63) is 71.8 Å². The first-order chi connectivity index (χ1) is 14.0. The number of aliphatic carboxylic acids is 1. The Labute approximate surface area is 165 Å². The summed E-state index contributed by atoms with van der Waals surface area (Å²) in [6.07, 6.45) is 7.26. The first-order valence-corrected chi connectivity index (χ1v) is 8.75. The number of rotatable bonds is 7. The molecular weight excluding hydrogens is 382 g/mol. The van der Waals surface area contributed by atoms with Gasteiger partial charge in [0, 0.05) is 18.4 Å². The summed E-state index contributed by atoms with van der Waals surface area (Å²) in [6.45, 7) is 0. The Hall–Kier alpha value is -3.55. The number of halogens is 2. The van der Waals surface area contributed by atoms with E-state index in [4.69, 9.17) is 14.6 Å². The Kier molecular flexibility index (Phi) is 6.33. The maximum absolute atomic E-state index is 14.1. The molecular formula is C21H18F2N2O4. The summed E-state index contributed by atoms with van der Waals surface area (Å²) >= 11 is 0. The maximum atomic E-state index is 14.1. The van der Waals surface area contributed by atoms with Crippen LogP contribution in [0.15, 0.2) is 66.0 Å². The van der Waals surface area contributed by atoms with Crippen LogP contribution in [0.4, 0.5) is 8.78 Å². The van der Waals surface area contributed by atoms with Crippen LogP contribution in [0, 0.1) is 5.82 Å². The number of carbonyl (C=O) groups is 1. The molecule has 0 saturated carbocycles. The summed E-state index contributed by atoms with van der Waals surface area (Å²) in [5, 5.41) is 8.70. The zero-order valence-electron chi connectivity index (χ0n) is 15.6. The third-order valence-corrected chi connectivity index (χ3v) is 4.21. The van der Waals surface area contributed by atoms with Crippen LogP contribution in [0.2, 0.25) is 0 Å². The van der Waals surface area contributed by atoms with E-state index in [-0.39, 0.29) is 36.4 Å². The lowest BCUT2D eigenvalue weighted by atomic mass is 9.99. The number of carboxylic acids is 1. The summed E-state index contributed by atoms with van der Waals surface area (Å²) in [5.41, 5.74) is 1.38. The van der Waals surface area contributed by atoms with Crippen LogP contribution in [-0.4, -0.2) is 28.2 Å². The van der Waals surface area contributed by atoms with Crippen molar-refractivity contribution in [2.45, 2.75) is 19.3 Å². The summed E-state index contributed by atoms with van der Waals surface area (Å²) in [6, 6.07) is 4.28. The molecule has 1 aromatic heterocycles.